The van der Waals surface area contributed by atoms with Crippen LogP contribution in [0.1, 0.15) is 64.2 Å². The average Bonchev–Trinajstić information content (AvgIpc) is 3.50. The van der Waals surface area contributed by atoms with Gasteiger partial charge in [0.15, 0.2) is 0 Å². The maximum atomic E-state index is 14.4. The average molecular weight is 899 g/mol. The summed E-state index contributed by atoms with van der Waals surface area (Å²) in [5, 5.41) is 26.0. The van der Waals surface area contributed by atoms with Gasteiger partial charge in [0.05, 0.1) is 18.9 Å². The molecule has 0 saturated carbocycles. The van der Waals surface area contributed by atoms with Crippen LogP contribution in [0.5, 0.6) is 5.75 Å². The highest BCUT2D eigenvalue weighted by atomic mass is 32.1. The van der Waals surface area contributed by atoms with Crippen LogP contribution in [-0.2, 0) is 54.6 Å². The van der Waals surface area contributed by atoms with Crippen LogP contribution in [0.25, 0.3) is 33.3 Å². The van der Waals surface area contributed by atoms with Gasteiger partial charge in [-0.1, -0.05) is 39.8 Å². The van der Waals surface area contributed by atoms with E-state index in [0.29, 0.717) is 43.5 Å². The van der Waals surface area contributed by atoms with E-state index in [1.165, 1.54) is 17.0 Å². The smallest absolute Gasteiger partial charge is 0.324 e. The minimum Gasteiger partial charge on any atom is -0.508 e. The van der Waals surface area contributed by atoms with Crippen molar-refractivity contribution in [2.45, 2.75) is 91.6 Å². The summed E-state index contributed by atoms with van der Waals surface area (Å²) in [6.07, 6.45) is 5.12. The summed E-state index contributed by atoms with van der Waals surface area (Å²) < 4.78 is 13.9. The number of esters is 1. The molecular weight excluding hydrogens is 837 g/mol. The molecule has 61 heavy (non-hydrogen) atoms. The number of carbonyl (C=O) groups is 4. The summed E-state index contributed by atoms with van der Waals surface area (Å²) in [5.41, 5.74) is 9.69. The van der Waals surface area contributed by atoms with Gasteiger partial charge in [-0.05, 0) is 90.3 Å². The highest BCUT2D eigenvalue weighted by Gasteiger charge is 2.37. The SMILES string of the molecule is CCn1c(-c2cnccc2COC)c2c3cc(ccc31)-c1cc(O)cc(c1)C[C@H](NC(=O)[C@H](C(C)C)N(C)C(=O)CO)C(=O)N1CCC[C@H](N1)C(=O)OCC(C)(C)C2.S.S.S. The van der Waals surface area contributed by atoms with Gasteiger partial charge in [-0.25, -0.2) is 5.43 Å². The summed E-state index contributed by atoms with van der Waals surface area (Å²) >= 11 is 0. The van der Waals surface area contributed by atoms with Crippen molar-refractivity contribution < 1.29 is 38.9 Å². The fourth-order valence-electron chi connectivity index (χ4n) is 8.38. The van der Waals surface area contributed by atoms with E-state index in [1.807, 2.05) is 24.4 Å². The molecule has 6 bridgehead atoms. The first kappa shape index (κ1) is 51.1. The van der Waals surface area contributed by atoms with Gasteiger partial charge in [0.1, 0.15) is 30.5 Å². The van der Waals surface area contributed by atoms with Gasteiger partial charge in [0.2, 0.25) is 11.8 Å². The fourth-order valence-corrected chi connectivity index (χ4v) is 8.38. The number of phenols is 1. The topological polar surface area (TPSA) is 176 Å². The van der Waals surface area contributed by atoms with Gasteiger partial charge in [-0.15, -0.1) is 0 Å². The second-order valence-corrected chi connectivity index (χ2v) is 16.5. The first-order chi connectivity index (χ1) is 27.7. The number of aliphatic hydroxyl groups is 1. The maximum Gasteiger partial charge on any atom is 0.324 e. The van der Waals surface area contributed by atoms with Crippen LogP contribution in [0.3, 0.4) is 0 Å². The molecule has 4 aromatic rings. The Morgan fingerprint density at radius 2 is 1.84 bits per heavy atom. The lowest BCUT2D eigenvalue weighted by Gasteiger charge is -2.36. The second-order valence-electron chi connectivity index (χ2n) is 16.5. The number of methoxy groups -OCH3 is 1. The van der Waals surface area contributed by atoms with Crippen molar-refractivity contribution in [3.63, 3.8) is 0 Å². The van der Waals surface area contributed by atoms with Gasteiger partial charge < -0.3 is 34.5 Å². The molecule has 4 heterocycles. The van der Waals surface area contributed by atoms with Gasteiger partial charge in [-0.3, -0.25) is 29.2 Å². The van der Waals surface area contributed by atoms with Crippen molar-refractivity contribution in [2.24, 2.45) is 11.3 Å². The number of aryl methyl sites for hydroxylation is 1. The number of hydrazine groups is 1. The number of amides is 3. The van der Waals surface area contributed by atoms with E-state index in [4.69, 9.17) is 9.47 Å². The molecule has 2 aliphatic rings. The number of nitrogens with zero attached hydrogens (tertiary/aromatic N) is 4. The van der Waals surface area contributed by atoms with Gasteiger partial charge >= 0.3 is 5.97 Å². The van der Waals surface area contributed by atoms with E-state index in [2.05, 4.69) is 53.2 Å². The Morgan fingerprint density at radius 1 is 1.10 bits per heavy atom. The van der Waals surface area contributed by atoms with Gasteiger partial charge in [0.25, 0.3) is 5.91 Å². The number of cyclic esters (lactones) is 1. The van der Waals surface area contributed by atoms with Crippen molar-refractivity contribution in [1.82, 2.24) is 30.2 Å². The molecule has 3 atom stereocenters. The Kier molecular flexibility index (Phi) is 18.2. The predicted octanol–water partition coefficient (Wildman–Crippen LogP) is 4.70. The summed E-state index contributed by atoms with van der Waals surface area (Å²) in [4.78, 5) is 60.3. The first-order valence-corrected chi connectivity index (χ1v) is 20.0. The summed E-state index contributed by atoms with van der Waals surface area (Å²) in [5.74, 6) is -2.56. The Balaban J connectivity index is 0.00000331. The number of nitrogens with one attached hydrogen (secondary N) is 2. The zero-order valence-corrected chi connectivity index (χ0v) is 39.0. The van der Waals surface area contributed by atoms with E-state index in [-0.39, 0.29) is 71.7 Å². The summed E-state index contributed by atoms with van der Waals surface area (Å²) in [7, 11) is 3.11. The number of phenolic OH excluding ortho intramolecular Hbond substituents is 1. The second kappa shape index (κ2) is 21.7. The predicted molar refractivity (Wildman–Crippen MR) is 250 cm³/mol. The molecule has 0 radical (unpaired) electrons. The molecule has 0 unspecified atom stereocenters. The summed E-state index contributed by atoms with van der Waals surface area (Å²) in [6, 6.07) is 10.4. The number of benzene rings is 2. The monoisotopic (exact) mass is 898 g/mol. The van der Waals surface area contributed by atoms with Crippen molar-refractivity contribution in [2.75, 3.05) is 33.9 Å². The molecule has 0 aliphatic carbocycles. The van der Waals surface area contributed by atoms with Crippen molar-refractivity contribution in [3.8, 4) is 28.1 Å². The van der Waals surface area contributed by atoms with Crippen LogP contribution in [0.4, 0.5) is 0 Å². The van der Waals surface area contributed by atoms with Crippen LogP contribution in [0.15, 0.2) is 54.9 Å². The number of likely N-dealkylation sites (N-methyl/N-ethyl adjacent to an activating group) is 1. The van der Waals surface area contributed by atoms with Crippen LogP contribution < -0.4 is 10.7 Å². The molecule has 14 nitrogen and oxygen atoms in total. The number of fused-ring (bicyclic) bond motifs is 6. The van der Waals surface area contributed by atoms with Gasteiger partial charge in [-0.2, -0.15) is 40.5 Å². The molecule has 1 saturated heterocycles. The Bertz CT molecular complexity index is 2200. The lowest BCUT2D eigenvalue weighted by molar-refractivity contribution is -0.155. The number of ether oxygens (including phenoxy) is 2. The largest absolute Gasteiger partial charge is 0.508 e. The van der Waals surface area contributed by atoms with Crippen LogP contribution in [0.2, 0.25) is 0 Å². The molecule has 6 rings (SSSR count). The molecule has 4 N–H and O–H groups in total. The Morgan fingerprint density at radius 3 is 2.51 bits per heavy atom. The normalized spacial score (nSPS) is 18.1. The fraction of sp³-hybridized carbons (Fsp3) is 0.477. The number of aliphatic hydroxyl groups excluding tert-OH is 1. The van der Waals surface area contributed by atoms with Gasteiger partial charge in [0, 0.05) is 67.9 Å². The van der Waals surface area contributed by atoms with Crippen molar-refractivity contribution in [1.29, 1.82) is 0 Å². The highest BCUT2D eigenvalue weighted by Crippen LogP contribution is 2.41. The van der Waals surface area contributed by atoms with E-state index in [9.17, 15) is 29.4 Å². The van der Waals surface area contributed by atoms with E-state index in [1.54, 1.807) is 39.3 Å². The van der Waals surface area contributed by atoms with E-state index in [0.717, 1.165) is 38.9 Å². The minimum atomic E-state index is -1.16. The minimum absolute atomic E-state index is 0. The van der Waals surface area contributed by atoms with Crippen LogP contribution in [-0.4, -0.2) is 105 Å². The molecule has 3 amide bonds. The zero-order valence-electron chi connectivity index (χ0n) is 36.0. The highest BCUT2D eigenvalue weighted by molar-refractivity contribution is 7.59. The number of hydrogen-bond donors (Lipinski definition) is 4. The lowest BCUT2D eigenvalue weighted by Crippen LogP contribution is -2.62. The van der Waals surface area contributed by atoms with Crippen molar-refractivity contribution in [3.05, 3.63) is 71.5 Å². The molecule has 0 spiro atoms. The molecule has 2 aliphatic heterocycles. The van der Waals surface area contributed by atoms with Crippen LogP contribution >= 0.6 is 40.5 Å². The molecular formula is C44H62N6O8S3. The standard InChI is InChI=1S/C44H56N6O8.3H2S/c1-8-49-37-12-11-28-20-32(37)33(40(49)34-22-45-14-13-29(34)24-57-7)21-44(4,5)25-58-43(56)35-10-9-15-50(47-35)42(55)36(18-27-16-30(28)19-31(52)17-27)46-41(54)39(26(2)3)48(6)38(53)23-51;;;/h11-14,16-17,19-20,22,26,35-36,39,47,51-52H,8-10,15,18,21,23-25H2,1-7H3,(H,46,54);3*1H2/t35-,36-,39-;;;/m0.../s1. The summed E-state index contributed by atoms with van der Waals surface area (Å²) in [6.45, 7) is 10.5. The van der Waals surface area contributed by atoms with E-state index >= 15 is 0 Å². The van der Waals surface area contributed by atoms with E-state index < -0.39 is 53.8 Å². The molecule has 1 fully saturated rings. The Hall–Kier alpha value is -4.26. The molecule has 17 heteroatoms. The number of rotatable bonds is 9. The maximum absolute atomic E-state index is 14.4. The lowest BCUT2D eigenvalue weighted by atomic mass is 9.84. The Labute approximate surface area is 379 Å². The van der Waals surface area contributed by atoms with Crippen LogP contribution in [0, 0.1) is 11.3 Å². The van der Waals surface area contributed by atoms with Crippen molar-refractivity contribution >= 4 is 75.1 Å². The number of pyridine rings is 1. The number of hydrogen-bond acceptors (Lipinski definition) is 10. The third kappa shape index (κ3) is 11.2. The number of carbonyl (C=O) groups excluding carboxylic acids is 4. The molecule has 334 valence electrons. The molecule has 2 aromatic carbocycles. The number of aromatic hydroxyl groups is 1. The number of aromatic nitrogens is 2. The zero-order chi connectivity index (χ0) is 41.9. The first-order valence-electron chi connectivity index (χ1n) is 20.0. The molecule has 2 aromatic heterocycles. The quantitative estimate of drug-likeness (QED) is 0.173. The third-order valence-electron chi connectivity index (χ3n) is 11.2. The third-order valence-corrected chi connectivity index (χ3v) is 11.2.